The number of thiazole rings is 1. The highest BCUT2D eigenvalue weighted by molar-refractivity contribution is 7.99. The van der Waals surface area contributed by atoms with Gasteiger partial charge in [-0.2, -0.15) is 0 Å². The fourth-order valence-electron chi connectivity index (χ4n) is 1.54. The highest BCUT2D eigenvalue weighted by atomic mass is 32.2. The van der Waals surface area contributed by atoms with Crippen LogP contribution >= 0.6 is 23.1 Å². The van der Waals surface area contributed by atoms with Gasteiger partial charge in [0.05, 0.1) is 16.1 Å². The Labute approximate surface area is 109 Å². The number of aromatic nitrogens is 1. The van der Waals surface area contributed by atoms with Gasteiger partial charge in [-0.05, 0) is 0 Å². The molecule has 0 amide bonds. The third kappa shape index (κ3) is 2.81. The van der Waals surface area contributed by atoms with Crippen LogP contribution < -0.4 is 5.32 Å². The van der Waals surface area contributed by atoms with Crippen LogP contribution in [0.25, 0.3) is 0 Å². The first-order valence-corrected chi connectivity index (χ1v) is 7.37. The molecule has 0 radical (unpaired) electrons. The third-order valence-corrected chi connectivity index (χ3v) is 5.04. The predicted octanol–water partition coefficient (Wildman–Crippen LogP) is 2.23. The smallest absolute Gasteiger partial charge is 0.321 e. The van der Waals surface area contributed by atoms with E-state index in [0.29, 0.717) is 5.75 Å². The van der Waals surface area contributed by atoms with Crippen molar-refractivity contribution in [1.29, 1.82) is 0 Å². The lowest BCUT2D eigenvalue weighted by molar-refractivity contribution is -0.138. The molecule has 0 spiro atoms. The van der Waals surface area contributed by atoms with Crippen LogP contribution in [0.15, 0.2) is 5.38 Å². The van der Waals surface area contributed by atoms with Crippen LogP contribution in [0.4, 0.5) is 0 Å². The van der Waals surface area contributed by atoms with E-state index in [0.717, 1.165) is 10.7 Å². The molecule has 4 nitrogen and oxygen atoms in total. The largest absolute Gasteiger partial charge is 0.480 e. The first-order valence-electron chi connectivity index (χ1n) is 5.44. The number of nitrogens with zero attached hydrogens (tertiary/aromatic N) is 1. The fourth-order valence-corrected chi connectivity index (χ4v) is 3.73. The topological polar surface area (TPSA) is 62.2 Å². The highest BCUT2D eigenvalue weighted by Gasteiger charge is 2.32. The van der Waals surface area contributed by atoms with E-state index in [9.17, 15) is 4.79 Å². The van der Waals surface area contributed by atoms with E-state index in [1.807, 2.05) is 5.38 Å². The molecule has 1 aromatic heterocycles. The van der Waals surface area contributed by atoms with E-state index < -0.39 is 12.0 Å². The Hall–Kier alpha value is -0.590. The number of thioether (sulfide) groups is 1. The summed E-state index contributed by atoms with van der Waals surface area (Å²) < 4.78 is 0. The van der Waals surface area contributed by atoms with Gasteiger partial charge in [0.2, 0.25) is 0 Å². The molecule has 17 heavy (non-hydrogen) atoms. The molecule has 1 aliphatic rings. The Morgan fingerprint density at radius 1 is 1.59 bits per heavy atom. The Morgan fingerprint density at radius 2 is 2.29 bits per heavy atom. The number of aliphatic carboxylic acids is 1. The molecule has 2 heterocycles. The fraction of sp³-hybridized carbons (Fsp3) is 0.636. The summed E-state index contributed by atoms with van der Waals surface area (Å²) in [6.45, 7) is 6.39. The van der Waals surface area contributed by atoms with Crippen molar-refractivity contribution in [3.63, 3.8) is 0 Å². The van der Waals surface area contributed by atoms with E-state index >= 15 is 0 Å². The summed E-state index contributed by atoms with van der Waals surface area (Å²) in [4.78, 5) is 15.4. The highest BCUT2D eigenvalue weighted by Crippen LogP contribution is 2.35. The molecule has 2 N–H and O–H groups in total. The molecule has 94 valence electrons. The van der Waals surface area contributed by atoms with E-state index in [4.69, 9.17) is 5.11 Å². The predicted molar refractivity (Wildman–Crippen MR) is 70.6 cm³/mol. The maximum atomic E-state index is 10.8. The summed E-state index contributed by atoms with van der Waals surface area (Å²) in [7, 11) is 0. The van der Waals surface area contributed by atoms with Gasteiger partial charge in [0.15, 0.2) is 0 Å². The second kappa shape index (κ2) is 4.59. The molecule has 1 aromatic rings. The Bertz CT molecular complexity index is 425. The van der Waals surface area contributed by atoms with Crippen LogP contribution in [-0.4, -0.2) is 27.9 Å². The summed E-state index contributed by atoms with van der Waals surface area (Å²) in [5.41, 5.74) is 1.01. The zero-order valence-corrected chi connectivity index (χ0v) is 11.7. The number of carboxylic acids is 1. The van der Waals surface area contributed by atoms with Crippen molar-refractivity contribution >= 4 is 29.1 Å². The number of nitrogens with one attached hydrogen (secondary N) is 1. The lowest BCUT2D eigenvalue weighted by Crippen LogP contribution is -2.33. The summed E-state index contributed by atoms with van der Waals surface area (Å²) in [5.74, 6) is -0.186. The number of carboxylic acid groups (broad SMARTS) is 1. The molecule has 1 saturated heterocycles. The molecule has 0 aliphatic carbocycles. The molecule has 1 fully saturated rings. The molecule has 2 rings (SSSR count). The van der Waals surface area contributed by atoms with Crippen molar-refractivity contribution in [1.82, 2.24) is 10.3 Å². The van der Waals surface area contributed by atoms with Gasteiger partial charge >= 0.3 is 5.97 Å². The zero-order valence-electron chi connectivity index (χ0n) is 10.1. The Morgan fingerprint density at radius 3 is 2.76 bits per heavy atom. The van der Waals surface area contributed by atoms with Crippen molar-refractivity contribution in [3.05, 3.63) is 16.1 Å². The molecule has 2 unspecified atom stereocenters. The van der Waals surface area contributed by atoms with Gasteiger partial charge in [0, 0.05) is 16.5 Å². The molecular weight excluding hydrogens is 256 g/mol. The summed E-state index contributed by atoms with van der Waals surface area (Å²) in [6, 6.07) is -0.454. The van der Waals surface area contributed by atoms with Gasteiger partial charge in [-0.1, -0.05) is 20.8 Å². The molecular formula is C11H16N2O2S2. The molecule has 1 aliphatic heterocycles. The minimum Gasteiger partial charge on any atom is -0.480 e. The number of carbonyl (C=O) groups is 1. The van der Waals surface area contributed by atoms with Crippen molar-refractivity contribution in [2.45, 2.75) is 37.6 Å². The van der Waals surface area contributed by atoms with Crippen LogP contribution in [-0.2, 0) is 10.2 Å². The van der Waals surface area contributed by atoms with E-state index in [1.165, 1.54) is 0 Å². The van der Waals surface area contributed by atoms with Gasteiger partial charge in [-0.15, -0.1) is 23.1 Å². The lowest BCUT2D eigenvalue weighted by Gasteiger charge is -2.14. The van der Waals surface area contributed by atoms with Crippen molar-refractivity contribution in [2.24, 2.45) is 0 Å². The standard InChI is InChI=1S/C11H16N2O2S2/c1-11(2,3)10-13-6(4-17-10)8-12-7(5-16-8)9(14)15/h4,7-8,12H,5H2,1-3H3,(H,14,15). The van der Waals surface area contributed by atoms with Crippen LogP contribution in [0.1, 0.15) is 36.8 Å². The van der Waals surface area contributed by atoms with E-state index in [2.05, 4.69) is 31.1 Å². The van der Waals surface area contributed by atoms with Gasteiger partial charge in [0.25, 0.3) is 0 Å². The summed E-state index contributed by atoms with van der Waals surface area (Å²) >= 11 is 3.25. The van der Waals surface area contributed by atoms with Gasteiger partial charge in [-0.25, -0.2) is 4.98 Å². The van der Waals surface area contributed by atoms with Crippen LogP contribution in [0.2, 0.25) is 0 Å². The van der Waals surface area contributed by atoms with Crippen molar-refractivity contribution in [2.75, 3.05) is 5.75 Å². The Kier molecular flexibility index (Phi) is 3.47. The summed E-state index contributed by atoms with van der Waals surface area (Å²) in [6.07, 6.45) is 0. The zero-order chi connectivity index (χ0) is 12.6. The molecule has 6 heteroatoms. The molecule has 0 saturated carbocycles. The number of hydrogen-bond acceptors (Lipinski definition) is 5. The van der Waals surface area contributed by atoms with Crippen molar-refractivity contribution < 1.29 is 9.90 Å². The quantitative estimate of drug-likeness (QED) is 0.864. The van der Waals surface area contributed by atoms with Crippen LogP contribution in [0.3, 0.4) is 0 Å². The first kappa shape index (κ1) is 12.9. The maximum Gasteiger partial charge on any atom is 0.321 e. The van der Waals surface area contributed by atoms with E-state index in [-0.39, 0.29) is 10.8 Å². The van der Waals surface area contributed by atoms with Crippen LogP contribution in [0.5, 0.6) is 0 Å². The number of rotatable bonds is 2. The Balaban J connectivity index is 2.10. The average Bonchev–Trinajstić information content (AvgIpc) is 2.85. The normalized spacial score (nSPS) is 25.1. The van der Waals surface area contributed by atoms with E-state index in [1.54, 1.807) is 23.1 Å². The second-order valence-corrected chi connectivity index (χ2v) is 7.09. The van der Waals surface area contributed by atoms with Crippen LogP contribution in [0, 0.1) is 0 Å². The number of hydrogen-bond donors (Lipinski definition) is 2. The summed E-state index contributed by atoms with van der Waals surface area (Å²) in [5, 5.41) is 15.1. The lowest BCUT2D eigenvalue weighted by atomic mass is 9.98. The molecule has 2 atom stereocenters. The maximum absolute atomic E-state index is 10.8. The molecule has 0 bridgehead atoms. The molecule has 0 aromatic carbocycles. The van der Waals surface area contributed by atoms with Crippen molar-refractivity contribution in [3.8, 4) is 0 Å². The third-order valence-electron chi connectivity index (χ3n) is 2.51. The van der Waals surface area contributed by atoms with Gasteiger partial charge < -0.3 is 5.11 Å². The van der Waals surface area contributed by atoms with Gasteiger partial charge in [0.1, 0.15) is 6.04 Å². The average molecular weight is 272 g/mol. The minimum absolute atomic E-state index is 0.0171. The van der Waals surface area contributed by atoms with Gasteiger partial charge in [-0.3, -0.25) is 10.1 Å². The monoisotopic (exact) mass is 272 g/mol. The first-order chi connectivity index (χ1) is 7.88. The minimum atomic E-state index is -0.786. The SMILES string of the molecule is CC(C)(C)c1nc(C2NC(C(=O)O)CS2)cs1. The second-order valence-electron chi connectivity index (χ2n) is 5.10.